The van der Waals surface area contributed by atoms with Gasteiger partial charge in [0.05, 0.1) is 7.11 Å². The third-order valence-electron chi connectivity index (χ3n) is 4.48. The van der Waals surface area contributed by atoms with Crippen LogP contribution in [0.25, 0.3) is 11.1 Å². The zero-order valence-electron chi connectivity index (χ0n) is 15.8. The number of hydrogen-bond donors (Lipinski definition) is 1. The predicted octanol–water partition coefficient (Wildman–Crippen LogP) is 5.06. The summed E-state index contributed by atoms with van der Waals surface area (Å²) in [5.74, 6) is 0.608. The van der Waals surface area contributed by atoms with E-state index in [1.54, 1.807) is 7.11 Å². The molecule has 1 amide bonds. The molecule has 0 radical (unpaired) electrons. The molecule has 0 aliphatic carbocycles. The lowest BCUT2D eigenvalue weighted by Gasteiger charge is -2.05. The Balaban J connectivity index is 1.43. The van der Waals surface area contributed by atoms with Crippen molar-refractivity contribution in [3.05, 3.63) is 95.0 Å². The van der Waals surface area contributed by atoms with Crippen LogP contribution in [0.5, 0.6) is 5.75 Å². The Kier molecular flexibility index (Phi) is 5.63. The average molecular weight is 401 g/mol. The molecule has 5 nitrogen and oxygen atoms in total. The van der Waals surface area contributed by atoms with Gasteiger partial charge in [-0.15, -0.1) is 10.2 Å². The smallest absolute Gasteiger partial charge is 0.257 e. The highest BCUT2D eigenvalue weighted by Crippen LogP contribution is 2.25. The van der Waals surface area contributed by atoms with Gasteiger partial charge >= 0.3 is 0 Å². The van der Waals surface area contributed by atoms with Gasteiger partial charge in [0.1, 0.15) is 10.8 Å². The third-order valence-corrected chi connectivity index (χ3v) is 5.31. The van der Waals surface area contributed by atoms with E-state index < -0.39 is 0 Å². The highest BCUT2D eigenvalue weighted by atomic mass is 32.1. The number of anilines is 1. The summed E-state index contributed by atoms with van der Waals surface area (Å²) < 4.78 is 5.38. The molecule has 29 heavy (non-hydrogen) atoms. The first-order valence-electron chi connectivity index (χ1n) is 9.14. The van der Waals surface area contributed by atoms with Crippen LogP contribution in [0, 0.1) is 0 Å². The number of carbonyl (C=O) groups is 1. The monoisotopic (exact) mass is 401 g/mol. The van der Waals surface area contributed by atoms with Gasteiger partial charge < -0.3 is 4.74 Å². The van der Waals surface area contributed by atoms with Gasteiger partial charge in [-0.3, -0.25) is 10.1 Å². The van der Waals surface area contributed by atoms with Crippen LogP contribution in [0.2, 0.25) is 0 Å². The molecule has 4 rings (SSSR count). The van der Waals surface area contributed by atoms with Gasteiger partial charge in [0.2, 0.25) is 5.13 Å². The average Bonchev–Trinajstić information content (AvgIpc) is 3.21. The lowest BCUT2D eigenvalue weighted by molar-refractivity contribution is 0.102. The number of benzene rings is 3. The van der Waals surface area contributed by atoms with E-state index in [4.69, 9.17) is 4.74 Å². The molecule has 0 saturated heterocycles. The fourth-order valence-corrected chi connectivity index (χ4v) is 3.76. The highest BCUT2D eigenvalue weighted by Gasteiger charge is 2.12. The number of amides is 1. The summed E-state index contributed by atoms with van der Waals surface area (Å²) in [5, 5.41) is 12.4. The first kappa shape index (κ1) is 18.8. The quantitative estimate of drug-likeness (QED) is 0.491. The van der Waals surface area contributed by atoms with Crippen LogP contribution in [0.3, 0.4) is 0 Å². The van der Waals surface area contributed by atoms with Crippen molar-refractivity contribution >= 4 is 22.4 Å². The van der Waals surface area contributed by atoms with E-state index in [9.17, 15) is 4.79 Å². The van der Waals surface area contributed by atoms with Crippen molar-refractivity contribution in [2.75, 3.05) is 12.4 Å². The maximum absolute atomic E-state index is 12.5. The molecule has 6 heteroatoms. The molecule has 1 N–H and O–H groups in total. The van der Waals surface area contributed by atoms with Crippen LogP contribution in [-0.2, 0) is 6.42 Å². The minimum Gasteiger partial charge on any atom is -0.496 e. The Bertz CT molecular complexity index is 1110. The van der Waals surface area contributed by atoms with Crippen LogP contribution in [-0.4, -0.2) is 23.2 Å². The van der Waals surface area contributed by atoms with E-state index in [-0.39, 0.29) is 5.91 Å². The van der Waals surface area contributed by atoms with Gasteiger partial charge in [0, 0.05) is 17.5 Å². The first-order chi connectivity index (χ1) is 14.2. The second-order valence-electron chi connectivity index (χ2n) is 6.39. The van der Waals surface area contributed by atoms with Crippen LogP contribution in [0.4, 0.5) is 5.13 Å². The number of hydrogen-bond acceptors (Lipinski definition) is 5. The zero-order chi connectivity index (χ0) is 20.1. The van der Waals surface area contributed by atoms with E-state index in [0.717, 1.165) is 27.4 Å². The Morgan fingerprint density at radius 3 is 2.34 bits per heavy atom. The third kappa shape index (κ3) is 4.50. The van der Waals surface area contributed by atoms with Crippen molar-refractivity contribution in [2.45, 2.75) is 6.42 Å². The lowest BCUT2D eigenvalue weighted by atomic mass is 10.0. The molecule has 0 aliphatic rings. The molecule has 0 unspecified atom stereocenters. The maximum atomic E-state index is 12.5. The summed E-state index contributed by atoms with van der Waals surface area (Å²) in [7, 11) is 1.65. The van der Waals surface area contributed by atoms with E-state index in [1.807, 2.05) is 78.9 Å². The van der Waals surface area contributed by atoms with E-state index in [2.05, 4.69) is 15.5 Å². The minimum absolute atomic E-state index is 0.204. The number of nitrogens with one attached hydrogen (secondary N) is 1. The Hall–Kier alpha value is -3.51. The molecule has 0 spiro atoms. The summed E-state index contributed by atoms with van der Waals surface area (Å²) in [6, 6.07) is 25.4. The lowest BCUT2D eigenvalue weighted by Crippen LogP contribution is -2.11. The standard InChI is InChI=1S/C23H19N3O2S/c1-28-20-10-6-5-9-19(20)15-21-25-26-23(29-21)24-22(27)18-13-11-17(12-14-18)16-7-3-2-4-8-16/h2-14H,15H2,1H3,(H,24,26,27). The number of carbonyl (C=O) groups excluding carboxylic acids is 1. The topological polar surface area (TPSA) is 64.1 Å². The second-order valence-corrected chi connectivity index (χ2v) is 7.45. The van der Waals surface area contributed by atoms with Gasteiger partial charge in [-0.05, 0) is 29.3 Å². The van der Waals surface area contributed by atoms with Crippen molar-refractivity contribution in [1.82, 2.24) is 10.2 Å². The number of para-hydroxylation sites is 1. The number of methoxy groups -OCH3 is 1. The zero-order valence-corrected chi connectivity index (χ0v) is 16.6. The predicted molar refractivity (Wildman–Crippen MR) is 116 cm³/mol. The molecule has 1 aromatic heterocycles. The summed E-state index contributed by atoms with van der Waals surface area (Å²) in [4.78, 5) is 12.5. The molecule has 144 valence electrons. The maximum Gasteiger partial charge on any atom is 0.257 e. The molecule has 0 atom stereocenters. The van der Waals surface area contributed by atoms with Crippen molar-refractivity contribution in [3.63, 3.8) is 0 Å². The van der Waals surface area contributed by atoms with Crippen molar-refractivity contribution in [2.24, 2.45) is 0 Å². The molecule has 0 aliphatic heterocycles. The number of aromatic nitrogens is 2. The van der Waals surface area contributed by atoms with Crippen molar-refractivity contribution in [3.8, 4) is 16.9 Å². The van der Waals surface area contributed by atoms with Crippen molar-refractivity contribution in [1.29, 1.82) is 0 Å². The van der Waals surface area contributed by atoms with E-state index >= 15 is 0 Å². The van der Waals surface area contributed by atoms with Gasteiger partial charge in [0.15, 0.2) is 0 Å². The van der Waals surface area contributed by atoms with Crippen LogP contribution >= 0.6 is 11.3 Å². The highest BCUT2D eigenvalue weighted by molar-refractivity contribution is 7.15. The Morgan fingerprint density at radius 2 is 1.59 bits per heavy atom. The normalized spacial score (nSPS) is 10.5. The number of ether oxygens (including phenoxy) is 1. The number of rotatable bonds is 6. The molecule has 0 bridgehead atoms. The fraction of sp³-hybridized carbons (Fsp3) is 0.0870. The van der Waals surface area contributed by atoms with Crippen LogP contribution in [0.15, 0.2) is 78.9 Å². The van der Waals surface area contributed by atoms with Gasteiger partial charge in [-0.25, -0.2) is 0 Å². The summed E-state index contributed by atoms with van der Waals surface area (Å²) >= 11 is 1.36. The first-order valence-corrected chi connectivity index (χ1v) is 9.95. The number of nitrogens with zero attached hydrogens (tertiary/aromatic N) is 2. The van der Waals surface area contributed by atoms with Gasteiger partial charge in [-0.2, -0.15) is 0 Å². The van der Waals surface area contributed by atoms with E-state index in [0.29, 0.717) is 17.1 Å². The van der Waals surface area contributed by atoms with Gasteiger partial charge in [0.25, 0.3) is 5.91 Å². The van der Waals surface area contributed by atoms with Crippen molar-refractivity contribution < 1.29 is 9.53 Å². The molecule has 0 fully saturated rings. The molecule has 1 heterocycles. The largest absolute Gasteiger partial charge is 0.496 e. The SMILES string of the molecule is COc1ccccc1Cc1nnc(NC(=O)c2ccc(-c3ccccc3)cc2)s1. The van der Waals surface area contributed by atoms with Gasteiger partial charge in [-0.1, -0.05) is 72.0 Å². The minimum atomic E-state index is -0.204. The van der Waals surface area contributed by atoms with E-state index in [1.165, 1.54) is 11.3 Å². The van der Waals surface area contributed by atoms with Crippen LogP contribution in [0.1, 0.15) is 20.9 Å². The van der Waals surface area contributed by atoms with Crippen LogP contribution < -0.4 is 10.1 Å². The fourth-order valence-electron chi connectivity index (χ4n) is 3.00. The second kappa shape index (κ2) is 8.67. The summed E-state index contributed by atoms with van der Waals surface area (Å²) in [6.07, 6.45) is 0.601. The molecular weight excluding hydrogens is 382 g/mol. The Morgan fingerprint density at radius 1 is 0.897 bits per heavy atom. The molecule has 4 aromatic rings. The molecular formula is C23H19N3O2S. The summed E-state index contributed by atoms with van der Waals surface area (Å²) in [5.41, 5.74) is 3.79. The molecule has 0 saturated carbocycles. The molecule has 3 aromatic carbocycles. The Labute approximate surface area is 173 Å². The summed E-state index contributed by atoms with van der Waals surface area (Å²) in [6.45, 7) is 0.